The molecular formula is C21H34O3. The van der Waals surface area contributed by atoms with E-state index in [0.717, 1.165) is 38.5 Å². The molecule has 3 heteroatoms. The van der Waals surface area contributed by atoms with Gasteiger partial charge < -0.3 is 9.84 Å². The van der Waals surface area contributed by atoms with E-state index >= 15 is 0 Å². The van der Waals surface area contributed by atoms with Gasteiger partial charge in [-0.2, -0.15) is 0 Å². The van der Waals surface area contributed by atoms with Crippen LogP contribution in [0.15, 0.2) is 30.3 Å². The zero-order valence-electron chi connectivity index (χ0n) is 15.2. The van der Waals surface area contributed by atoms with Crippen molar-refractivity contribution in [1.82, 2.24) is 0 Å². The number of rotatable bonds is 14. The average molecular weight is 334 g/mol. The standard InChI is InChI=1S/C21H34O3/c1-2-3-4-5-12-17-20(24-21(22)23)18-13-7-6-9-14-19-15-10-8-11-16-19/h8,10-11,15-16,20H,2-7,9,12-14,17-18H2,1H3,(H,22,23). The third kappa shape index (κ3) is 11.1. The number of carboxylic acid groups (broad SMARTS) is 1. The quantitative estimate of drug-likeness (QED) is 0.308. The lowest BCUT2D eigenvalue weighted by Crippen LogP contribution is -2.16. The maximum atomic E-state index is 10.8. The second-order valence-electron chi connectivity index (χ2n) is 6.65. The van der Waals surface area contributed by atoms with Crippen molar-refractivity contribution >= 4 is 6.16 Å². The molecule has 0 fully saturated rings. The minimum absolute atomic E-state index is 0.113. The lowest BCUT2D eigenvalue weighted by atomic mass is 10.0. The maximum absolute atomic E-state index is 10.8. The summed E-state index contributed by atoms with van der Waals surface area (Å²) in [5.74, 6) is 0. The van der Waals surface area contributed by atoms with Gasteiger partial charge >= 0.3 is 6.16 Å². The smallest absolute Gasteiger partial charge is 0.450 e. The predicted molar refractivity (Wildman–Crippen MR) is 99.5 cm³/mol. The molecule has 0 amide bonds. The number of hydrogen-bond donors (Lipinski definition) is 1. The molecule has 0 aromatic heterocycles. The Balaban J connectivity index is 2.09. The Morgan fingerprint density at radius 3 is 2.08 bits per heavy atom. The van der Waals surface area contributed by atoms with Gasteiger partial charge in [-0.15, -0.1) is 0 Å². The third-order valence-corrected chi connectivity index (χ3v) is 4.48. The molecule has 1 aromatic carbocycles. The highest BCUT2D eigenvalue weighted by Crippen LogP contribution is 2.16. The minimum atomic E-state index is -1.13. The molecule has 1 rings (SSSR count). The molecule has 0 aliphatic carbocycles. The molecular weight excluding hydrogens is 300 g/mol. The number of benzene rings is 1. The van der Waals surface area contributed by atoms with Gasteiger partial charge in [-0.05, 0) is 44.1 Å². The van der Waals surface area contributed by atoms with Gasteiger partial charge in [0.05, 0.1) is 0 Å². The van der Waals surface area contributed by atoms with Crippen LogP contribution in [0.2, 0.25) is 0 Å². The summed E-state index contributed by atoms with van der Waals surface area (Å²) in [5, 5.41) is 8.87. The third-order valence-electron chi connectivity index (χ3n) is 4.48. The summed E-state index contributed by atoms with van der Waals surface area (Å²) in [4.78, 5) is 10.8. The van der Waals surface area contributed by atoms with Gasteiger partial charge in [-0.3, -0.25) is 0 Å². The summed E-state index contributed by atoms with van der Waals surface area (Å²) in [6, 6.07) is 10.6. The van der Waals surface area contributed by atoms with E-state index in [-0.39, 0.29) is 6.10 Å². The molecule has 1 atom stereocenters. The fourth-order valence-corrected chi connectivity index (χ4v) is 3.08. The Morgan fingerprint density at radius 1 is 0.917 bits per heavy atom. The van der Waals surface area contributed by atoms with E-state index in [4.69, 9.17) is 9.84 Å². The molecule has 0 aliphatic heterocycles. The Labute approximate surface area is 147 Å². The van der Waals surface area contributed by atoms with E-state index in [0.29, 0.717) is 0 Å². The fraction of sp³-hybridized carbons (Fsp3) is 0.667. The molecule has 1 aromatic rings. The van der Waals surface area contributed by atoms with E-state index in [1.807, 2.05) is 6.07 Å². The number of aryl methyl sites for hydroxylation is 1. The van der Waals surface area contributed by atoms with Crippen LogP contribution in [0, 0.1) is 0 Å². The molecule has 0 saturated heterocycles. The highest BCUT2D eigenvalue weighted by Gasteiger charge is 2.13. The highest BCUT2D eigenvalue weighted by atomic mass is 16.7. The molecule has 0 radical (unpaired) electrons. The molecule has 136 valence electrons. The van der Waals surface area contributed by atoms with Crippen LogP contribution in [-0.2, 0) is 11.2 Å². The Bertz CT molecular complexity index is 416. The van der Waals surface area contributed by atoms with E-state index in [1.165, 1.54) is 44.1 Å². The first-order valence-corrected chi connectivity index (χ1v) is 9.66. The molecule has 0 spiro atoms. The van der Waals surface area contributed by atoms with Crippen LogP contribution < -0.4 is 0 Å². The number of carbonyl (C=O) groups is 1. The molecule has 3 nitrogen and oxygen atoms in total. The Kier molecular flexibility index (Phi) is 11.9. The first kappa shape index (κ1) is 20.5. The van der Waals surface area contributed by atoms with Crippen LogP contribution in [0.5, 0.6) is 0 Å². The average Bonchev–Trinajstić information content (AvgIpc) is 2.58. The molecule has 0 saturated carbocycles. The molecule has 0 bridgehead atoms. The largest absolute Gasteiger partial charge is 0.506 e. The normalized spacial score (nSPS) is 12.0. The van der Waals surface area contributed by atoms with Crippen molar-refractivity contribution in [2.75, 3.05) is 0 Å². The van der Waals surface area contributed by atoms with Crippen LogP contribution in [-0.4, -0.2) is 17.4 Å². The van der Waals surface area contributed by atoms with Gasteiger partial charge in [0.2, 0.25) is 0 Å². The van der Waals surface area contributed by atoms with E-state index < -0.39 is 6.16 Å². The lowest BCUT2D eigenvalue weighted by molar-refractivity contribution is 0.0422. The summed E-state index contributed by atoms with van der Waals surface area (Å²) in [5.41, 5.74) is 1.40. The van der Waals surface area contributed by atoms with E-state index in [2.05, 4.69) is 31.2 Å². The van der Waals surface area contributed by atoms with Crippen molar-refractivity contribution in [3.8, 4) is 0 Å². The van der Waals surface area contributed by atoms with Gasteiger partial charge in [0.15, 0.2) is 0 Å². The Hall–Kier alpha value is -1.51. The Morgan fingerprint density at radius 2 is 1.50 bits per heavy atom. The second kappa shape index (κ2) is 13.9. The molecule has 24 heavy (non-hydrogen) atoms. The summed E-state index contributed by atoms with van der Waals surface area (Å²) in [7, 11) is 0. The highest BCUT2D eigenvalue weighted by molar-refractivity contribution is 5.57. The minimum Gasteiger partial charge on any atom is -0.450 e. The first-order valence-electron chi connectivity index (χ1n) is 9.66. The van der Waals surface area contributed by atoms with Crippen molar-refractivity contribution in [3.05, 3.63) is 35.9 Å². The zero-order valence-corrected chi connectivity index (χ0v) is 15.2. The summed E-state index contributed by atoms with van der Waals surface area (Å²) in [6.07, 6.45) is 12.3. The molecule has 0 heterocycles. The van der Waals surface area contributed by atoms with Crippen molar-refractivity contribution < 1.29 is 14.6 Å². The van der Waals surface area contributed by atoms with Crippen molar-refractivity contribution in [2.45, 2.75) is 90.1 Å². The van der Waals surface area contributed by atoms with Crippen molar-refractivity contribution in [1.29, 1.82) is 0 Å². The molecule has 1 N–H and O–H groups in total. The van der Waals surface area contributed by atoms with Gasteiger partial charge in [-0.1, -0.05) is 75.8 Å². The van der Waals surface area contributed by atoms with Gasteiger partial charge in [0, 0.05) is 0 Å². The zero-order chi connectivity index (χ0) is 17.5. The topological polar surface area (TPSA) is 46.5 Å². The van der Waals surface area contributed by atoms with Crippen LogP contribution in [0.4, 0.5) is 4.79 Å². The van der Waals surface area contributed by atoms with Crippen LogP contribution >= 0.6 is 0 Å². The van der Waals surface area contributed by atoms with Gasteiger partial charge in [-0.25, -0.2) is 4.79 Å². The van der Waals surface area contributed by atoms with Crippen molar-refractivity contribution in [3.63, 3.8) is 0 Å². The monoisotopic (exact) mass is 334 g/mol. The lowest BCUT2D eigenvalue weighted by Gasteiger charge is -2.15. The number of hydrogen-bond acceptors (Lipinski definition) is 2. The summed E-state index contributed by atoms with van der Waals surface area (Å²) in [6.45, 7) is 2.20. The predicted octanol–water partition coefficient (Wildman–Crippen LogP) is 6.60. The number of unbranched alkanes of at least 4 members (excludes halogenated alkanes) is 7. The first-order chi connectivity index (χ1) is 11.7. The summed E-state index contributed by atoms with van der Waals surface area (Å²) >= 11 is 0. The fourth-order valence-electron chi connectivity index (χ4n) is 3.08. The summed E-state index contributed by atoms with van der Waals surface area (Å²) < 4.78 is 5.05. The molecule has 0 aliphatic rings. The van der Waals surface area contributed by atoms with Gasteiger partial charge in [0.1, 0.15) is 6.10 Å². The SMILES string of the molecule is CCCCCCCC(CCCCCCc1ccccc1)OC(=O)O. The van der Waals surface area contributed by atoms with E-state index in [9.17, 15) is 4.79 Å². The van der Waals surface area contributed by atoms with Crippen LogP contribution in [0.3, 0.4) is 0 Å². The van der Waals surface area contributed by atoms with Crippen LogP contribution in [0.25, 0.3) is 0 Å². The van der Waals surface area contributed by atoms with Gasteiger partial charge in [0.25, 0.3) is 0 Å². The van der Waals surface area contributed by atoms with E-state index in [1.54, 1.807) is 0 Å². The molecule has 1 unspecified atom stereocenters. The number of ether oxygens (including phenoxy) is 1. The van der Waals surface area contributed by atoms with Crippen LogP contribution in [0.1, 0.15) is 83.1 Å². The van der Waals surface area contributed by atoms with Crippen molar-refractivity contribution in [2.24, 2.45) is 0 Å². The second-order valence-corrected chi connectivity index (χ2v) is 6.65. The maximum Gasteiger partial charge on any atom is 0.506 e.